The van der Waals surface area contributed by atoms with Crippen LogP contribution >= 0.6 is 0 Å². The van der Waals surface area contributed by atoms with Crippen molar-refractivity contribution in [1.82, 2.24) is 5.32 Å². The van der Waals surface area contributed by atoms with Crippen LogP contribution in [0.1, 0.15) is 22.8 Å². The Morgan fingerprint density at radius 3 is 2.32 bits per heavy atom. The Kier molecular flexibility index (Phi) is 6.17. The Morgan fingerprint density at radius 1 is 1.04 bits per heavy atom. The van der Waals surface area contributed by atoms with E-state index in [2.05, 4.69) is 5.32 Å². The van der Waals surface area contributed by atoms with Crippen molar-refractivity contribution in [2.24, 2.45) is 0 Å². The summed E-state index contributed by atoms with van der Waals surface area (Å²) in [5, 5.41) is 2.37. The summed E-state index contributed by atoms with van der Waals surface area (Å²) >= 11 is 0. The number of esters is 1. The Bertz CT molecular complexity index is 815. The fourth-order valence-corrected chi connectivity index (χ4v) is 2.03. The van der Waals surface area contributed by atoms with Gasteiger partial charge in [-0.15, -0.1) is 0 Å². The second kappa shape index (κ2) is 8.54. The number of amides is 1. The van der Waals surface area contributed by atoms with Crippen molar-refractivity contribution < 1.29 is 23.5 Å². The summed E-state index contributed by atoms with van der Waals surface area (Å²) in [6.45, 7) is 0.613. The van der Waals surface area contributed by atoms with E-state index in [1.54, 1.807) is 30.3 Å². The van der Waals surface area contributed by atoms with E-state index in [0.717, 1.165) is 6.07 Å². The lowest BCUT2D eigenvalue weighted by atomic mass is 10.1. The highest BCUT2D eigenvalue weighted by Gasteiger charge is 2.17. The smallest absolute Gasteiger partial charge is 0.355 e. The third-order valence-electron chi connectivity index (χ3n) is 3.15. The highest BCUT2D eigenvalue weighted by Crippen LogP contribution is 2.09. The lowest BCUT2D eigenvalue weighted by Crippen LogP contribution is -2.27. The number of benzene rings is 2. The van der Waals surface area contributed by atoms with E-state index in [4.69, 9.17) is 4.74 Å². The number of Topliss-reactive ketones (excluding diaryl/α,β-unsaturated/α-hetero) is 1. The van der Waals surface area contributed by atoms with Crippen molar-refractivity contribution in [2.75, 3.05) is 6.61 Å². The first-order valence-corrected chi connectivity index (χ1v) is 7.46. The van der Waals surface area contributed by atoms with Gasteiger partial charge in [-0.2, -0.15) is 0 Å². The molecular formula is C19H16FNO4. The van der Waals surface area contributed by atoms with Crippen LogP contribution in [-0.4, -0.2) is 24.3 Å². The van der Waals surface area contributed by atoms with E-state index >= 15 is 0 Å². The average Bonchev–Trinajstić information content (AvgIpc) is 2.59. The summed E-state index contributed by atoms with van der Waals surface area (Å²) < 4.78 is 18.5. The number of ether oxygens (including phenoxy) is 1. The minimum absolute atomic E-state index is 0.111. The topological polar surface area (TPSA) is 72.5 Å². The minimum atomic E-state index is -0.885. The molecule has 1 N–H and O–H groups in total. The van der Waals surface area contributed by atoms with E-state index in [-0.39, 0.29) is 11.3 Å². The first-order chi connectivity index (χ1) is 12.0. The molecule has 0 radical (unpaired) electrons. The summed E-state index contributed by atoms with van der Waals surface area (Å²) in [6, 6.07) is 14.2. The molecule has 0 saturated heterocycles. The Morgan fingerprint density at radius 2 is 1.68 bits per heavy atom. The second-order valence-corrected chi connectivity index (χ2v) is 5.13. The SMILES string of the molecule is CC(=O)NC(=Cc1ccccc1)C(=O)OCC(=O)c1ccccc1F. The van der Waals surface area contributed by atoms with Crippen molar-refractivity contribution in [2.45, 2.75) is 6.92 Å². The van der Waals surface area contributed by atoms with E-state index in [0.29, 0.717) is 5.56 Å². The van der Waals surface area contributed by atoms with Gasteiger partial charge in [0.1, 0.15) is 11.5 Å². The lowest BCUT2D eigenvalue weighted by Gasteiger charge is -2.09. The molecule has 0 unspecified atom stereocenters. The molecule has 2 rings (SSSR count). The number of hydrogen-bond donors (Lipinski definition) is 1. The van der Waals surface area contributed by atoms with Crippen molar-refractivity contribution in [3.05, 3.63) is 77.2 Å². The van der Waals surface area contributed by atoms with Gasteiger partial charge in [0.05, 0.1) is 5.56 Å². The molecule has 0 spiro atoms. The predicted molar refractivity (Wildman–Crippen MR) is 89.9 cm³/mol. The summed E-state index contributed by atoms with van der Waals surface area (Å²) in [6.07, 6.45) is 1.43. The number of halogens is 1. The maximum Gasteiger partial charge on any atom is 0.355 e. The Hall–Kier alpha value is -3.28. The zero-order chi connectivity index (χ0) is 18.2. The molecule has 6 heteroatoms. The first kappa shape index (κ1) is 18.1. The fraction of sp³-hybridized carbons (Fsp3) is 0.105. The predicted octanol–water partition coefficient (Wildman–Crippen LogP) is 2.73. The molecule has 2 aromatic rings. The fourth-order valence-electron chi connectivity index (χ4n) is 2.03. The van der Waals surface area contributed by atoms with Gasteiger partial charge in [-0.1, -0.05) is 42.5 Å². The highest BCUT2D eigenvalue weighted by molar-refractivity contribution is 6.01. The van der Waals surface area contributed by atoms with Crippen LogP contribution in [0.5, 0.6) is 0 Å². The van der Waals surface area contributed by atoms with Crippen LogP contribution in [0, 0.1) is 5.82 Å². The molecule has 0 aliphatic carbocycles. The van der Waals surface area contributed by atoms with Crippen molar-refractivity contribution in [3.63, 3.8) is 0 Å². The number of carbonyl (C=O) groups is 3. The first-order valence-electron chi connectivity index (χ1n) is 7.46. The minimum Gasteiger partial charge on any atom is -0.453 e. The summed E-state index contributed by atoms with van der Waals surface area (Å²) in [7, 11) is 0. The van der Waals surface area contributed by atoms with E-state index in [9.17, 15) is 18.8 Å². The third-order valence-corrected chi connectivity index (χ3v) is 3.15. The summed E-state index contributed by atoms with van der Waals surface area (Å²) in [5.41, 5.74) is 0.395. The maximum atomic E-state index is 13.6. The van der Waals surface area contributed by atoms with E-state index < -0.39 is 30.1 Å². The van der Waals surface area contributed by atoms with Gasteiger partial charge in [-0.3, -0.25) is 9.59 Å². The maximum absolute atomic E-state index is 13.6. The molecule has 0 aliphatic heterocycles. The second-order valence-electron chi connectivity index (χ2n) is 5.13. The van der Waals surface area contributed by atoms with Crippen LogP contribution in [-0.2, 0) is 14.3 Å². The lowest BCUT2D eigenvalue weighted by molar-refractivity contribution is -0.139. The van der Waals surface area contributed by atoms with E-state index in [1.165, 1.54) is 31.2 Å². The van der Waals surface area contributed by atoms with Gasteiger partial charge in [0.25, 0.3) is 0 Å². The number of nitrogens with one attached hydrogen (secondary N) is 1. The summed E-state index contributed by atoms with van der Waals surface area (Å²) in [5.74, 6) is -2.71. The Labute approximate surface area is 144 Å². The normalized spacial score (nSPS) is 10.9. The van der Waals surface area contributed by atoms with Gasteiger partial charge in [-0.25, -0.2) is 9.18 Å². The number of ketones is 1. The van der Waals surface area contributed by atoms with Crippen LogP contribution in [0.25, 0.3) is 6.08 Å². The van der Waals surface area contributed by atoms with Crippen LogP contribution < -0.4 is 5.32 Å². The zero-order valence-corrected chi connectivity index (χ0v) is 13.5. The zero-order valence-electron chi connectivity index (χ0n) is 13.5. The van der Waals surface area contributed by atoms with Gasteiger partial charge >= 0.3 is 5.97 Å². The molecule has 5 nitrogen and oxygen atoms in total. The molecule has 0 fully saturated rings. The van der Waals surface area contributed by atoms with Crippen LogP contribution in [0.2, 0.25) is 0 Å². The molecule has 2 aromatic carbocycles. The molecule has 0 saturated carbocycles. The molecule has 0 aromatic heterocycles. The van der Waals surface area contributed by atoms with Gasteiger partial charge in [0.2, 0.25) is 11.7 Å². The van der Waals surface area contributed by atoms with E-state index in [1.807, 2.05) is 0 Å². The average molecular weight is 341 g/mol. The monoisotopic (exact) mass is 341 g/mol. The molecule has 0 bridgehead atoms. The number of carbonyl (C=O) groups excluding carboxylic acids is 3. The third kappa shape index (κ3) is 5.39. The van der Waals surface area contributed by atoms with Crippen LogP contribution in [0.4, 0.5) is 4.39 Å². The van der Waals surface area contributed by atoms with Gasteiger partial charge in [-0.05, 0) is 23.8 Å². The highest BCUT2D eigenvalue weighted by atomic mass is 19.1. The standard InChI is InChI=1S/C19H16FNO4/c1-13(22)21-17(11-14-7-3-2-4-8-14)19(24)25-12-18(23)15-9-5-6-10-16(15)20/h2-11H,12H2,1H3,(H,21,22). The molecule has 1 amide bonds. The quantitative estimate of drug-likeness (QED) is 0.498. The van der Waals surface area contributed by atoms with Crippen molar-refractivity contribution >= 4 is 23.7 Å². The summed E-state index contributed by atoms with van der Waals surface area (Å²) in [4.78, 5) is 35.4. The van der Waals surface area contributed by atoms with Crippen LogP contribution in [0.3, 0.4) is 0 Å². The molecule has 25 heavy (non-hydrogen) atoms. The molecule has 0 heterocycles. The molecular weight excluding hydrogens is 325 g/mol. The Balaban J connectivity index is 2.10. The molecule has 0 aliphatic rings. The molecule has 128 valence electrons. The molecule has 0 atom stereocenters. The van der Waals surface area contributed by atoms with Gasteiger partial charge in [0, 0.05) is 6.92 Å². The largest absolute Gasteiger partial charge is 0.453 e. The number of rotatable bonds is 6. The van der Waals surface area contributed by atoms with Crippen molar-refractivity contribution in [3.8, 4) is 0 Å². The van der Waals surface area contributed by atoms with Crippen molar-refractivity contribution in [1.29, 1.82) is 0 Å². The van der Waals surface area contributed by atoms with Gasteiger partial charge < -0.3 is 10.1 Å². The van der Waals surface area contributed by atoms with Gasteiger partial charge in [0.15, 0.2) is 6.61 Å². The number of hydrogen-bond acceptors (Lipinski definition) is 4. The van der Waals surface area contributed by atoms with Crippen LogP contribution in [0.15, 0.2) is 60.3 Å².